The van der Waals surface area contributed by atoms with Crippen molar-refractivity contribution in [2.45, 2.75) is 6.92 Å². The van der Waals surface area contributed by atoms with Gasteiger partial charge in [0.1, 0.15) is 0 Å². The second kappa shape index (κ2) is 4.78. The van der Waals surface area contributed by atoms with Gasteiger partial charge in [-0.05, 0) is 31.2 Å². The molecule has 0 aliphatic heterocycles. The third kappa shape index (κ3) is 2.46. The summed E-state index contributed by atoms with van der Waals surface area (Å²) in [6.45, 7) is 1.88. The Balaban J connectivity index is 1.84. The number of nitrogens with one attached hydrogen (secondary N) is 1. The summed E-state index contributed by atoms with van der Waals surface area (Å²) in [5, 5.41) is 3.40. The van der Waals surface area contributed by atoms with Gasteiger partial charge < -0.3 is 0 Å². The van der Waals surface area contributed by atoms with Crippen LogP contribution in [-0.4, -0.2) is 15.9 Å². The first-order valence-corrected chi connectivity index (χ1v) is 6.63. The SMILES string of the molecule is Cc1ccc(C(=O)Nc2nc3ccccc3s2)cn1. The quantitative estimate of drug-likeness (QED) is 0.777. The summed E-state index contributed by atoms with van der Waals surface area (Å²) in [6.07, 6.45) is 1.57. The highest BCUT2D eigenvalue weighted by atomic mass is 32.1. The number of fused-ring (bicyclic) bond motifs is 1. The van der Waals surface area contributed by atoms with E-state index in [1.165, 1.54) is 11.3 Å². The molecule has 19 heavy (non-hydrogen) atoms. The van der Waals surface area contributed by atoms with Crippen molar-refractivity contribution in [1.29, 1.82) is 0 Å². The molecule has 0 bridgehead atoms. The van der Waals surface area contributed by atoms with E-state index in [9.17, 15) is 4.79 Å². The summed E-state index contributed by atoms with van der Waals surface area (Å²) < 4.78 is 1.06. The summed E-state index contributed by atoms with van der Waals surface area (Å²) >= 11 is 1.46. The monoisotopic (exact) mass is 269 g/mol. The fourth-order valence-electron chi connectivity index (χ4n) is 1.70. The van der Waals surface area contributed by atoms with Gasteiger partial charge in [0.05, 0.1) is 15.8 Å². The Labute approximate surface area is 114 Å². The smallest absolute Gasteiger partial charge is 0.259 e. The van der Waals surface area contributed by atoms with E-state index in [1.54, 1.807) is 12.3 Å². The fourth-order valence-corrected chi connectivity index (χ4v) is 2.56. The van der Waals surface area contributed by atoms with Gasteiger partial charge in [0.25, 0.3) is 5.91 Å². The molecule has 5 heteroatoms. The highest BCUT2D eigenvalue weighted by Crippen LogP contribution is 2.25. The van der Waals surface area contributed by atoms with Crippen LogP contribution in [0, 0.1) is 6.92 Å². The molecule has 3 rings (SSSR count). The molecule has 0 radical (unpaired) electrons. The maximum absolute atomic E-state index is 12.0. The minimum absolute atomic E-state index is 0.188. The molecule has 1 aromatic carbocycles. The number of hydrogen-bond donors (Lipinski definition) is 1. The lowest BCUT2D eigenvalue weighted by atomic mass is 10.2. The zero-order chi connectivity index (χ0) is 13.2. The van der Waals surface area contributed by atoms with Crippen LogP contribution in [0.1, 0.15) is 16.1 Å². The van der Waals surface area contributed by atoms with Gasteiger partial charge in [-0.15, -0.1) is 0 Å². The number of hydrogen-bond acceptors (Lipinski definition) is 4. The summed E-state index contributed by atoms with van der Waals surface area (Å²) in [6, 6.07) is 11.4. The third-order valence-electron chi connectivity index (χ3n) is 2.69. The van der Waals surface area contributed by atoms with Crippen LogP contribution in [-0.2, 0) is 0 Å². The van der Waals surface area contributed by atoms with Gasteiger partial charge in [-0.3, -0.25) is 15.1 Å². The standard InChI is InChI=1S/C14H11N3OS/c1-9-6-7-10(8-15-9)13(18)17-14-16-11-4-2-3-5-12(11)19-14/h2-8H,1H3,(H,16,17,18). The van der Waals surface area contributed by atoms with Crippen molar-refractivity contribution in [1.82, 2.24) is 9.97 Å². The fraction of sp³-hybridized carbons (Fsp3) is 0.0714. The van der Waals surface area contributed by atoms with Gasteiger partial charge in [0, 0.05) is 11.9 Å². The molecule has 0 aliphatic carbocycles. The van der Waals surface area contributed by atoms with E-state index in [0.29, 0.717) is 10.7 Å². The number of carbonyl (C=O) groups is 1. The zero-order valence-electron chi connectivity index (χ0n) is 10.3. The van der Waals surface area contributed by atoms with Gasteiger partial charge in [0.2, 0.25) is 0 Å². The summed E-state index contributed by atoms with van der Waals surface area (Å²) in [7, 11) is 0. The van der Waals surface area contributed by atoms with Crippen molar-refractivity contribution in [3.05, 3.63) is 53.9 Å². The van der Waals surface area contributed by atoms with Crippen LogP contribution in [0.15, 0.2) is 42.6 Å². The first-order valence-electron chi connectivity index (χ1n) is 5.82. The number of anilines is 1. The number of nitrogens with zero attached hydrogens (tertiary/aromatic N) is 2. The molecule has 0 saturated heterocycles. The van der Waals surface area contributed by atoms with Gasteiger partial charge in [-0.1, -0.05) is 23.5 Å². The lowest BCUT2D eigenvalue weighted by Gasteiger charge is -2.00. The Morgan fingerprint density at radius 1 is 1.21 bits per heavy atom. The van der Waals surface area contributed by atoms with Gasteiger partial charge in [-0.25, -0.2) is 4.98 Å². The second-order valence-corrected chi connectivity index (χ2v) is 5.16. The molecule has 0 atom stereocenters. The van der Waals surface area contributed by atoms with E-state index in [2.05, 4.69) is 15.3 Å². The van der Waals surface area contributed by atoms with Crippen molar-refractivity contribution in [3.63, 3.8) is 0 Å². The molecule has 2 aromatic heterocycles. The zero-order valence-corrected chi connectivity index (χ0v) is 11.1. The van der Waals surface area contributed by atoms with Crippen molar-refractivity contribution in [2.24, 2.45) is 0 Å². The number of pyridine rings is 1. The number of carbonyl (C=O) groups excluding carboxylic acids is 1. The Kier molecular flexibility index (Phi) is 2.97. The number of aryl methyl sites for hydroxylation is 1. The Bertz CT molecular complexity index is 701. The molecule has 94 valence electrons. The van der Waals surface area contributed by atoms with E-state index in [0.717, 1.165) is 15.9 Å². The first kappa shape index (κ1) is 11.8. The number of thiazole rings is 1. The molecule has 2 heterocycles. The largest absolute Gasteiger partial charge is 0.298 e. The van der Waals surface area contributed by atoms with Crippen molar-refractivity contribution < 1.29 is 4.79 Å². The number of amides is 1. The summed E-state index contributed by atoms with van der Waals surface area (Å²) in [5.41, 5.74) is 2.31. The number of aromatic nitrogens is 2. The van der Waals surface area contributed by atoms with Crippen LogP contribution >= 0.6 is 11.3 Å². The maximum Gasteiger partial charge on any atom is 0.259 e. The highest BCUT2D eigenvalue weighted by molar-refractivity contribution is 7.22. The van der Waals surface area contributed by atoms with Gasteiger partial charge in [-0.2, -0.15) is 0 Å². The van der Waals surface area contributed by atoms with E-state index in [-0.39, 0.29) is 5.91 Å². The number of benzene rings is 1. The molecule has 0 unspecified atom stereocenters. The molecule has 4 nitrogen and oxygen atoms in total. The molecule has 0 fully saturated rings. The van der Waals surface area contributed by atoms with Crippen LogP contribution in [0.3, 0.4) is 0 Å². The van der Waals surface area contributed by atoms with Crippen LogP contribution < -0.4 is 5.32 Å². The number of rotatable bonds is 2. The predicted molar refractivity (Wildman–Crippen MR) is 76.5 cm³/mol. The Hall–Kier alpha value is -2.27. The third-order valence-corrected chi connectivity index (χ3v) is 3.64. The van der Waals surface area contributed by atoms with E-state index >= 15 is 0 Å². The van der Waals surface area contributed by atoms with Crippen molar-refractivity contribution >= 4 is 32.6 Å². The average Bonchev–Trinajstić information content (AvgIpc) is 2.81. The number of para-hydroxylation sites is 1. The lowest BCUT2D eigenvalue weighted by molar-refractivity contribution is 0.102. The highest BCUT2D eigenvalue weighted by Gasteiger charge is 2.09. The minimum atomic E-state index is -0.188. The van der Waals surface area contributed by atoms with E-state index in [1.807, 2.05) is 37.3 Å². The maximum atomic E-state index is 12.0. The first-order chi connectivity index (χ1) is 9.22. The molecule has 0 saturated carbocycles. The normalized spacial score (nSPS) is 10.6. The van der Waals surface area contributed by atoms with Gasteiger partial charge in [0.15, 0.2) is 5.13 Å². The van der Waals surface area contributed by atoms with Crippen molar-refractivity contribution in [3.8, 4) is 0 Å². The molecular formula is C14H11N3OS. The Morgan fingerprint density at radius 2 is 2.05 bits per heavy atom. The minimum Gasteiger partial charge on any atom is -0.298 e. The molecular weight excluding hydrogens is 258 g/mol. The van der Waals surface area contributed by atoms with E-state index in [4.69, 9.17) is 0 Å². The molecule has 1 N–H and O–H groups in total. The topological polar surface area (TPSA) is 54.9 Å². The Morgan fingerprint density at radius 3 is 2.79 bits per heavy atom. The van der Waals surface area contributed by atoms with Gasteiger partial charge >= 0.3 is 0 Å². The van der Waals surface area contributed by atoms with Crippen LogP contribution in [0.4, 0.5) is 5.13 Å². The summed E-state index contributed by atoms with van der Waals surface area (Å²) in [5.74, 6) is -0.188. The molecule has 3 aromatic rings. The van der Waals surface area contributed by atoms with Crippen LogP contribution in [0.2, 0.25) is 0 Å². The molecule has 1 amide bonds. The average molecular weight is 269 g/mol. The summed E-state index contributed by atoms with van der Waals surface area (Å²) in [4.78, 5) is 20.5. The van der Waals surface area contributed by atoms with Crippen LogP contribution in [0.5, 0.6) is 0 Å². The molecule has 0 spiro atoms. The van der Waals surface area contributed by atoms with Crippen molar-refractivity contribution in [2.75, 3.05) is 5.32 Å². The predicted octanol–water partition coefficient (Wildman–Crippen LogP) is 3.25. The van der Waals surface area contributed by atoms with E-state index < -0.39 is 0 Å². The second-order valence-electron chi connectivity index (χ2n) is 4.13. The molecule has 0 aliphatic rings. The lowest BCUT2D eigenvalue weighted by Crippen LogP contribution is -2.11. The van der Waals surface area contributed by atoms with Crippen LogP contribution in [0.25, 0.3) is 10.2 Å².